The molecule has 0 bridgehead atoms. The van der Waals surface area contributed by atoms with Gasteiger partial charge in [-0.05, 0) is 30.7 Å². The van der Waals surface area contributed by atoms with Gasteiger partial charge in [0.2, 0.25) is 0 Å². The van der Waals surface area contributed by atoms with Gasteiger partial charge in [0.15, 0.2) is 0 Å². The van der Waals surface area contributed by atoms with E-state index in [1.807, 2.05) is 13.0 Å². The van der Waals surface area contributed by atoms with Crippen molar-refractivity contribution in [1.82, 2.24) is 0 Å². The highest BCUT2D eigenvalue weighted by molar-refractivity contribution is 7.80. The summed E-state index contributed by atoms with van der Waals surface area (Å²) in [5, 5.41) is 0.837. The first-order chi connectivity index (χ1) is 5.11. The fourth-order valence-electron chi connectivity index (χ4n) is 0.907. The third kappa shape index (κ3) is 2.04. The van der Waals surface area contributed by atoms with E-state index in [4.69, 9.17) is 17.3 Å². The first-order valence-electron chi connectivity index (χ1n) is 3.34. The molecule has 2 N–H and O–H groups in total. The SMILES string of the molecule is CC(S)c1cc(Cl)ccc1N. The van der Waals surface area contributed by atoms with Gasteiger partial charge in [-0.25, -0.2) is 0 Å². The Kier molecular flexibility index (Phi) is 2.68. The molecule has 0 saturated carbocycles. The second-order valence-electron chi connectivity index (χ2n) is 2.45. The van der Waals surface area contributed by atoms with Crippen LogP contribution in [0.3, 0.4) is 0 Å². The number of thiol groups is 1. The van der Waals surface area contributed by atoms with E-state index in [1.54, 1.807) is 12.1 Å². The van der Waals surface area contributed by atoms with Gasteiger partial charge in [0, 0.05) is 16.0 Å². The molecule has 0 aromatic heterocycles. The van der Waals surface area contributed by atoms with Crippen molar-refractivity contribution in [1.29, 1.82) is 0 Å². The van der Waals surface area contributed by atoms with Gasteiger partial charge in [0.05, 0.1) is 0 Å². The molecule has 0 aliphatic rings. The lowest BCUT2D eigenvalue weighted by Gasteiger charge is -2.07. The number of nitrogen functional groups attached to an aromatic ring is 1. The van der Waals surface area contributed by atoms with Gasteiger partial charge < -0.3 is 5.73 Å². The van der Waals surface area contributed by atoms with E-state index < -0.39 is 0 Å². The quantitative estimate of drug-likeness (QED) is 0.513. The lowest BCUT2D eigenvalue weighted by molar-refractivity contribution is 1.12. The van der Waals surface area contributed by atoms with Crippen LogP contribution in [0.15, 0.2) is 18.2 Å². The van der Waals surface area contributed by atoms with Crippen LogP contribution in [0.1, 0.15) is 17.7 Å². The molecule has 0 spiro atoms. The highest BCUT2D eigenvalue weighted by atomic mass is 35.5. The van der Waals surface area contributed by atoms with Crippen LogP contribution in [0.5, 0.6) is 0 Å². The fraction of sp³-hybridized carbons (Fsp3) is 0.250. The third-order valence-corrected chi connectivity index (χ3v) is 2.01. The number of anilines is 1. The summed E-state index contributed by atoms with van der Waals surface area (Å²) in [5.74, 6) is 0. The molecule has 1 rings (SSSR count). The maximum absolute atomic E-state index is 5.77. The zero-order valence-electron chi connectivity index (χ0n) is 6.21. The third-order valence-electron chi connectivity index (χ3n) is 1.50. The smallest absolute Gasteiger partial charge is 0.0410 e. The van der Waals surface area contributed by atoms with Crippen molar-refractivity contribution in [2.75, 3.05) is 5.73 Å². The van der Waals surface area contributed by atoms with Crippen molar-refractivity contribution in [3.8, 4) is 0 Å². The molecule has 1 atom stereocenters. The van der Waals surface area contributed by atoms with Gasteiger partial charge in [0.25, 0.3) is 0 Å². The van der Waals surface area contributed by atoms with Crippen molar-refractivity contribution < 1.29 is 0 Å². The molecular formula is C8H10ClNS. The number of hydrogen-bond donors (Lipinski definition) is 2. The molecule has 0 aliphatic carbocycles. The zero-order valence-corrected chi connectivity index (χ0v) is 7.86. The van der Waals surface area contributed by atoms with Crippen molar-refractivity contribution in [2.45, 2.75) is 12.2 Å². The van der Waals surface area contributed by atoms with E-state index in [-0.39, 0.29) is 5.25 Å². The van der Waals surface area contributed by atoms with Gasteiger partial charge in [-0.15, -0.1) is 0 Å². The average molecular weight is 188 g/mol. The number of halogens is 1. The normalized spacial score (nSPS) is 13.0. The Balaban J connectivity index is 3.13. The van der Waals surface area contributed by atoms with Crippen LogP contribution in [-0.4, -0.2) is 0 Å². The van der Waals surface area contributed by atoms with E-state index in [9.17, 15) is 0 Å². The summed E-state index contributed by atoms with van der Waals surface area (Å²) in [6.07, 6.45) is 0. The monoisotopic (exact) mass is 187 g/mol. The molecule has 11 heavy (non-hydrogen) atoms. The van der Waals surface area contributed by atoms with Crippen LogP contribution in [-0.2, 0) is 0 Å². The Hall–Kier alpha value is -0.340. The minimum absolute atomic E-state index is 0.133. The Morgan fingerprint density at radius 3 is 2.64 bits per heavy atom. The maximum atomic E-state index is 5.77. The van der Waals surface area contributed by atoms with E-state index >= 15 is 0 Å². The number of rotatable bonds is 1. The molecule has 1 nitrogen and oxygen atoms in total. The summed E-state index contributed by atoms with van der Waals surface area (Å²) in [5.41, 5.74) is 7.42. The predicted molar refractivity (Wildman–Crippen MR) is 53.3 cm³/mol. The first kappa shape index (κ1) is 8.75. The van der Waals surface area contributed by atoms with Crippen LogP contribution in [0.4, 0.5) is 5.69 Å². The van der Waals surface area contributed by atoms with Crippen molar-refractivity contribution in [3.63, 3.8) is 0 Å². The largest absolute Gasteiger partial charge is 0.398 e. The van der Waals surface area contributed by atoms with Crippen LogP contribution < -0.4 is 5.73 Å². The molecule has 1 aromatic carbocycles. The Bertz CT molecular complexity index is 260. The van der Waals surface area contributed by atoms with E-state index in [0.29, 0.717) is 5.02 Å². The molecule has 3 heteroatoms. The molecule has 0 radical (unpaired) electrons. The first-order valence-corrected chi connectivity index (χ1v) is 4.23. The van der Waals surface area contributed by atoms with Crippen molar-refractivity contribution in [2.24, 2.45) is 0 Å². The van der Waals surface area contributed by atoms with Gasteiger partial charge >= 0.3 is 0 Å². The molecular weight excluding hydrogens is 178 g/mol. The standard InChI is InChI=1S/C8H10ClNS/c1-5(11)7-4-6(9)2-3-8(7)10/h2-5,11H,10H2,1H3. The minimum atomic E-state index is 0.133. The van der Waals surface area contributed by atoms with Gasteiger partial charge in [-0.2, -0.15) is 12.6 Å². The fourth-order valence-corrected chi connectivity index (χ4v) is 1.31. The number of benzene rings is 1. The molecule has 0 fully saturated rings. The topological polar surface area (TPSA) is 26.0 Å². The lowest BCUT2D eigenvalue weighted by atomic mass is 10.1. The summed E-state index contributed by atoms with van der Waals surface area (Å²) in [6.45, 7) is 1.96. The van der Waals surface area contributed by atoms with E-state index in [0.717, 1.165) is 11.3 Å². The summed E-state index contributed by atoms with van der Waals surface area (Å²) in [6, 6.07) is 5.41. The molecule has 0 saturated heterocycles. The summed E-state index contributed by atoms with van der Waals surface area (Å²) in [7, 11) is 0. The van der Waals surface area contributed by atoms with Crippen molar-refractivity contribution >= 4 is 29.9 Å². The highest BCUT2D eigenvalue weighted by Gasteiger charge is 2.04. The summed E-state index contributed by atoms with van der Waals surface area (Å²) >= 11 is 10.0. The number of nitrogens with two attached hydrogens (primary N) is 1. The number of hydrogen-bond acceptors (Lipinski definition) is 2. The maximum Gasteiger partial charge on any atom is 0.0410 e. The van der Waals surface area contributed by atoms with Crippen molar-refractivity contribution in [3.05, 3.63) is 28.8 Å². The lowest BCUT2D eigenvalue weighted by Crippen LogP contribution is -1.93. The molecule has 60 valence electrons. The average Bonchev–Trinajstić information content (AvgIpc) is 1.94. The van der Waals surface area contributed by atoms with E-state index in [1.165, 1.54) is 0 Å². The molecule has 1 unspecified atom stereocenters. The Labute approximate surface area is 77.0 Å². The minimum Gasteiger partial charge on any atom is -0.398 e. The van der Waals surface area contributed by atoms with Gasteiger partial charge in [-0.1, -0.05) is 11.6 Å². The van der Waals surface area contributed by atoms with Crippen LogP contribution >= 0.6 is 24.2 Å². The van der Waals surface area contributed by atoms with Gasteiger partial charge in [-0.3, -0.25) is 0 Å². The molecule has 0 amide bonds. The molecule has 0 aliphatic heterocycles. The summed E-state index contributed by atoms with van der Waals surface area (Å²) < 4.78 is 0. The second-order valence-corrected chi connectivity index (χ2v) is 3.66. The molecule has 0 heterocycles. The zero-order chi connectivity index (χ0) is 8.43. The Morgan fingerprint density at radius 1 is 1.55 bits per heavy atom. The van der Waals surface area contributed by atoms with E-state index in [2.05, 4.69) is 12.6 Å². The second kappa shape index (κ2) is 3.37. The molecule has 1 aromatic rings. The van der Waals surface area contributed by atoms with Crippen LogP contribution in [0.25, 0.3) is 0 Å². The highest BCUT2D eigenvalue weighted by Crippen LogP contribution is 2.27. The van der Waals surface area contributed by atoms with Crippen LogP contribution in [0.2, 0.25) is 5.02 Å². The van der Waals surface area contributed by atoms with Gasteiger partial charge in [0.1, 0.15) is 0 Å². The predicted octanol–water partition coefficient (Wildman–Crippen LogP) is 2.91. The van der Waals surface area contributed by atoms with Crippen LogP contribution in [0, 0.1) is 0 Å². The summed E-state index contributed by atoms with van der Waals surface area (Å²) in [4.78, 5) is 0. The Morgan fingerprint density at radius 2 is 2.18 bits per heavy atom.